The fraction of sp³-hybridized carbons (Fsp3) is 0.308. The van der Waals surface area contributed by atoms with Gasteiger partial charge in [0.15, 0.2) is 0 Å². The average Bonchev–Trinajstić information content (AvgIpc) is 2.74. The predicted octanol–water partition coefficient (Wildman–Crippen LogP) is 5.30. The van der Waals surface area contributed by atoms with Gasteiger partial charge in [-0.25, -0.2) is 0 Å². The van der Waals surface area contributed by atoms with Crippen molar-refractivity contribution in [1.82, 2.24) is 4.90 Å². The third kappa shape index (κ3) is 6.74. The minimum absolute atomic E-state index is 0.203. The zero-order valence-corrected chi connectivity index (χ0v) is 17.4. The van der Waals surface area contributed by atoms with Gasteiger partial charge < -0.3 is 9.84 Å². The summed E-state index contributed by atoms with van der Waals surface area (Å²) in [6.45, 7) is 6.34. The first kappa shape index (κ1) is 21.1. The summed E-state index contributed by atoms with van der Waals surface area (Å²) in [6.07, 6.45) is 0.0821. The second kappa shape index (κ2) is 10.2. The van der Waals surface area contributed by atoms with Crippen LogP contribution in [0.3, 0.4) is 0 Å². The van der Waals surface area contributed by atoms with E-state index in [9.17, 15) is 5.11 Å². The highest BCUT2D eigenvalue weighted by atomic mass is 16.5. The minimum atomic E-state index is -0.542. The van der Waals surface area contributed by atoms with E-state index in [2.05, 4.69) is 67.3 Å². The van der Waals surface area contributed by atoms with Crippen LogP contribution in [0.25, 0.3) is 0 Å². The molecule has 0 aliphatic heterocycles. The van der Waals surface area contributed by atoms with Crippen molar-refractivity contribution in [3.05, 3.63) is 102 Å². The summed E-state index contributed by atoms with van der Waals surface area (Å²) in [5.41, 5.74) is 2.34. The van der Waals surface area contributed by atoms with Crippen molar-refractivity contribution >= 4 is 0 Å². The van der Waals surface area contributed by atoms with E-state index in [0.717, 1.165) is 18.8 Å². The molecule has 3 rings (SSSR count). The van der Waals surface area contributed by atoms with Gasteiger partial charge in [-0.3, -0.25) is 4.90 Å². The van der Waals surface area contributed by atoms with Crippen LogP contribution in [-0.2, 0) is 13.1 Å². The van der Waals surface area contributed by atoms with Crippen LogP contribution in [0, 0.1) is 0 Å². The number of aliphatic hydroxyl groups is 1. The molecule has 3 aromatic carbocycles. The van der Waals surface area contributed by atoms with Gasteiger partial charge in [-0.15, -0.1) is 0 Å². The van der Waals surface area contributed by atoms with Gasteiger partial charge in [-0.2, -0.15) is 0 Å². The Balaban J connectivity index is 1.68. The first-order chi connectivity index (χ1) is 14.0. The molecule has 29 heavy (non-hydrogen) atoms. The maximum Gasteiger partial charge on any atom is 0.119 e. The summed E-state index contributed by atoms with van der Waals surface area (Å²) in [7, 11) is 0. The molecule has 1 unspecified atom stereocenters. The van der Waals surface area contributed by atoms with Gasteiger partial charge in [0, 0.05) is 18.6 Å². The van der Waals surface area contributed by atoms with Crippen molar-refractivity contribution in [3.63, 3.8) is 0 Å². The molecule has 3 aromatic rings. The maximum atomic E-state index is 10.7. The quantitative estimate of drug-likeness (QED) is 0.511. The van der Waals surface area contributed by atoms with E-state index in [1.54, 1.807) is 0 Å². The highest BCUT2D eigenvalue weighted by Gasteiger charge is 2.30. The Morgan fingerprint density at radius 2 is 1.21 bits per heavy atom. The van der Waals surface area contributed by atoms with Crippen LogP contribution in [0.1, 0.15) is 31.4 Å². The van der Waals surface area contributed by atoms with Gasteiger partial charge in [-0.1, -0.05) is 78.9 Å². The molecule has 0 fully saturated rings. The summed E-state index contributed by atoms with van der Waals surface area (Å²) in [5.74, 6) is 0.787. The van der Waals surface area contributed by atoms with Crippen molar-refractivity contribution in [2.24, 2.45) is 0 Å². The third-order valence-electron chi connectivity index (χ3n) is 5.21. The molecular weight excluding hydrogens is 358 g/mol. The normalized spacial score (nSPS) is 12.7. The predicted molar refractivity (Wildman–Crippen MR) is 119 cm³/mol. The van der Waals surface area contributed by atoms with E-state index in [0.29, 0.717) is 6.42 Å². The van der Waals surface area contributed by atoms with Crippen LogP contribution in [0.2, 0.25) is 0 Å². The number of nitrogens with zero attached hydrogens (tertiary/aromatic N) is 1. The number of rotatable bonds is 10. The van der Waals surface area contributed by atoms with E-state index >= 15 is 0 Å². The zero-order valence-electron chi connectivity index (χ0n) is 17.4. The SMILES string of the molecule is CC(C)(CC(O)COc1ccccc1)N(Cc1ccccc1)Cc1ccccc1. The number of aliphatic hydroxyl groups excluding tert-OH is 1. The van der Waals surface area contributed by atoms with E-state index in [1.807, 2.05) is 42.5 Å². The topological polar surface area (TPSA) is 32.7 Å². The summed E-state index contributed by atoms with van der Waals surface area (Å²) in [4.78, 5) is 2.43. The molecule has 0 aliphatic rings. The Bertz CT molecular complexity index is 793. The first-order valence-corrected chi connectivity index (χ1v) is 10.2. The first-order valence-electron chi connectivity index (χ1n) is 10.2. The second-order valence-corrected chi connectivity index (χ2v) is 8.12. The van der Waals surface area contributed by atoms with E-state index < -0.39 is 6.10 Å². The number of para-hydroxylation sites is 1. The summed E-state index contributed by atoms with van der Waals surface area (Å²) in [5, 5.41) is 10.7. The molecule has 0 saturated carbocycles. The van der Waals surface area contributed by atoms with Crippen molar-refractivity contribution in [2.75, 3.05) is 6.61 Å². The van der Waals surface area contributed by atoms with Gasteiger partial charge in [0.05, 0.1) is 6.10 Å². The Labute approximate surface area is 174 Å². The molecule has 0 aliphatic carbocycles. The van der Waals surface area contributed by atoms with E-state index in [1.165, 1.54) is 11.1 Å². The smallest absolute Gasteiger partial charge is 0.119 e. The van der Waals surface area contributed by atoms with Crippen LogP contribution in [-0.4, -0.2) is 28.3 Å². The molecule has 0 heterocycles. The molecule has 0 amide bonds. The van der Waals surface area contributed by atoms with Gasteiger partial charge in [0.25, 0.3) is 0 Å². The zero-order chi connectivity index (χ0) is 20.5. The van der Waals surface area contributed by atoms with E-state index in [4.69, 9.17) is 4.74 Å². The number of benzene rings is 3. The molecule has 3 heteroatoms. The Hall–Kier alpha value is -2.62. The molecule has 3 nitrogen and oxygen atoms in total. The molecule has 152 valence electrons. The third-order valence-corrected chi connectivity index (χ3v) is 5.21. The van der Waals surface area contributed by atoms with Crippen LogP contribution in [0.4, 0.5) is 0 Å². The number of hydrogen-bond donors (Lipinski definition) is 1. The monoisotopic (exact) mass is 389 g/mol. The van der Waals surface area contributed by atoms with E-state index in [-0.39, 0.29) is 12.1 Å². The molecule has 0 radical (unpaired) electrons. The Morgan fingerprint density at radius 1 is 0.759 bits per heavy atom. The lowest BCUT2D eigenvalue weighted by atomic mass is 9.93. The minimum Gasteiger partial charge on any atom is -0.491 e. The second-order valence-electron chi connectivity index (χ2n) is 8.12. The van der Waals surface area contributed by atoms with Crippen LogP contribution in [0.15, 0.2) is 91.0 Å². The van der Waals surface area contributed by atoms with Gasteiger partial charge in [-0.05, 0) is 43.5 Å². The lowest BCUT2D eigenvalue weighted by Crippen LogP contribution is -2.46. The summed E-state index contributed by atoms with van der Waals surface area (Å²) >= 11 is 0. The number of ether oxygens (including phenoxy) is 1. The van der Waals surface area contributed by atoms with Gasteiger partial charge in [0.1, 0.15) is 12.4 Å². The molecule has 1 N–H and O–H groups in total. The van der Waals surface area contributed by atoms with Gasteiger partial charge in [0.2, 0.25) is 0 Å². The van der Waals surface area contributed by atoms with Crippen molar-refractivity contribution < 1.29 is 9.84 Å². The highest BCUT2D eigenvalue weighted by molar-refractivity contribution is 5.21. The highest BCUT2D eigenvalue weighted by Crippen LogP contribution is 2.26. The fourth-order valence-corrected chi connectivity index (χ4v) is 3.57. The van der Waals surface area contributed by atoms with Crippen molar-refractivity contribution in [2.45, 2.75) is 45.0 Å². The molecule has 0 aromatic heterocycles. The molecular formula is C26H31NO2. The fourth-order valence-electron chi connectivity index (χ4n) is 3.57. The molecule has 0 saturated heterocycles. The van der Waals surface area contributed by atoms with Crippen LogP contribution >= 0.6 is 0 Å². The summed E-state index contributed by atoms with van der Waals surface area (Å²) < 4.78 is 5.76. The maximum absolute atomic E-state index is 10.7. The molecule has 1 atom stereocenters. The largest absolute Gasteiger partial charge is 0.491 e. The Kier molecular flexibility index (Phi) is 7.45. The van der Waals surface area contributed by atoms with Crippen LogP contribution < -0.4 is 4.74 Å². The van der Waals surface area contributed by atoms with Gasteiger partial charge >= 0.3 is 0 Å². The summed E-state index contributed by atoms with van der Waals surface area (Å²) in [6, 6.07) is 30.7. The Morgan fingerprint density at radius 3 is 1.69 bits per heavy atom. The lowest BCUT2D eigenvalue weighted by molar-refractivity contribution is 0.0208. The van der Waals surface area contributed by atoms with Crippen molar-refractivity contribution in [1.29, 1.82) is 0 Å². The van der Waals surface area contributed by atoms with Crippen LogP contribution in [0.5, 0.6) is 5.75 Å². The molecule has 0 bridgehead atoms. The molecule has 0 spiro atoms. The van der Waals surface area contributed by atoms with Crippen molar-refractivity contribution in [3.8, 4) is 5.75 Å². The standard InChI is InChI=1S/C26H31NO2/c1-26(2,18-24(28)21-29-25-16-10-5-11-17-25)27(19-22-12-6-3-7-13-22)20-23-14-8-4-9-15-23/h3-17,24,28H,18-21H2,1-2H3. The number of hydrogen-bond acceptors (Lipinski definition) is 3. The average molecular weight is 390 g/mol. The lowest BCUT2D eigenvalue weighted by Gasteiger charge is -2.40.